The second-order valence-corrected chi connectivity index (χ2v) is 4.30. The molecule has 1 N–H and O–H groups in total. The van der Waals surface area contributed by atoms with E-state index in [1.807, 2.05) is 6.08 Å². The molecule has 1 nitrogen and oxygen atoms in total. The molecule has 0 aromatic rings. The molecule has 1 rings (SSSR count). The molecule has 0 heterocycles. The van der Waals surface area contributed by atoms with E-state index >= 15 is 0 Å². The molecule has 1 aliphatic rings. The molecule has 0 unspecified atom stereocenters. The molecule has 64 valence electrons. The van der Waals surface area contributed by atoms with E-state index in [1.165, 1.54) is 12.8 Å². The lowest BCUT2D eigenvalue weighted by Gasteiger charge is -2.43. The Kier molecular flexibility index (Phi) is 2.72. The standard InChI is InChI=1S/C10H19N/c1-4-5-6-11-9-7-10(2,3)8-9/h4,9,11H,1,5-8H2,2-3H3. The molecule has 0 atom stereocenters. The second-order valence-electron chi connectivity index (χ2n) is 4.30. The summed E-state index contributed by atoms with van der Waals surface area (Å²) in [6.45, 7) is 9.46. The van der Waals surface area contributed by atoms with Crippen LogP contribution < -0.4 is 5.32 Å². The highest BCUT2D eigenvalue weighted by atomic mass is 14.9. The molecule has 1 aliphatic carbocycles. The summed E-state index contributed by atoms with van der Waals surface area (Å²) in [6, 6.07) is 0.782. The third-order valence-corrected chi connectivity index (χ3v) is 2.38. The van der Waals surface area contributed by atoms with Crippen molar-refractivity contribution in [1.82, 2.24) is 5.32 Å². The number of hydrogen-bond acceptors (Lipinski definition) is 1. The zero-order valence-electron chi connectivity index (χ0n) is 7.69. The molecular formula is C10H19N. The number of nitrogens with one attached hydrogen (secondary N) is 1. The van der Waals surface area contributed by atoms with Crippen molar-refractivity contribution in [3.05, 3.63) is 12.7 Å². The van der Waals surface area contributed by atoms with Crippen molar-refractivity contribution in [2.75, 3.05) is 6.54 Å². The summed E-state index contributed by atoms with van der Waals surface area (Å²) >= 11 is 0. The first-order chi connectivity index (χ1) is 5.14. The Morgan fingerprint density at radius 2 is 2.18 bits per heavy atom. The third kappa shape index (κ3) is 2.66. The van der Waals surface area contributed by atoms with Gasteiger partial charge in [0.15, 0.2) is 0 Å². The largest absolute Gasteiger partial charge is 0.314 e. The quantitative estimate of drug-likeness (QED) is 0.483. The minimum atomic E-state index is 0.603. The predicted octanol–water partition coefficient (Wildman–Crippen LogP) is 2.34. The smallest absolute Gasteiger partial charge is 0.00773 e. The van der Waals surface area contributed by atoms with Crippen molar-refractivity contribution in [3.8, 4) is 0 Å². The highest BCUT2D eigenvalue weighted by Gasteiger charge is 2.35. The third-order valence-electron chi connectivity index (χ3n) is 2.38. The Hall–Kier alpha value is -0.300. The second kappa shape index (κ2) is 3.40. The lowest BCUT2D eigenvalue weighted by Crippen LogP contribution is -2.46. The van der Waals surface area contributed by atoms with E-state index < -0.39 is 0 Å². The Labute approximate surface area is 69.9 Å². The van der Waals surface area contributed by atoms with Gasteiger partial charge >= 0.3 is 0 Å². The van der Waals surface area contributed by atoms with Crippen molar-refractivity contribution in [2.24, 2.45) is 5.41 Å². The van der Waals surface area contributed by atoms with Gasteiger partial charge in [0.05, 0.1) is 0 Å². The summed E-state index contributed by atoms with van der Waals surface area (Å²) in [5, 5.41) is 3.50. The van der Waals surface area contributed by atoms with Crippen LogP contribution in [-0.2, 0) is 0 Å². The van der Waals surface area contributed by atoms with E-state index in [4.69, 9.17) is 0 Å². The first kappa shape index (κ1) is 8.79. The lowest BCUT2D eigenvalue weighted by atomic mass is 9.68. The fourth-order valence-electron chi connectivity index (χ4n) is 1.81. The fourth-order valence-corrected chi connectivity index (χ4v) is 1.81. The summed E-state index contributed by atoms with van der Waals surface area (Å²) in [5.41, 5.74) is 0.603. The van der Waals surface area contributed by atoms with Gasteiger partial charge in [-0.1, -0.05) is 19.9 Å². The van der Waals surface area contributed by atoms with Gasteiger partial charge in [0.1, 0.15) is 0 Å². The summed E-state index contributed by atoms with van der Waals surface area (Å²) in [4.78, 5) is 0. The topological polar surface area (TPSA) is 12.0 Å². The van der Waals surface area contributed by atoms with Crippen molar-refractivity contribution >= 4 is 0 Å². The van der Waals surface area contributed by atoms with Crippen LogP contribution in [0.25, 0.3) is 0 Å². The van der Waals surface area contributed by atoms with Crippen LogP contribution in [0.4, 0.5) is 0 Å². The van der Waals surface area contributed by atoms with Crippen LogP contribution in [0, 0.1) is 5.41 Å². The molecule has 0 aromatic heterocycles. The average molecular weight is 153 g/mol. The van der Waals surface area contributed by atoms with Gasteiger partial charge in [-0.05, 0) is 31.2 Å². The monoisotopic (exact) mass is 153 g/mol. The van der Waals surface area contributed by atoms with Gasteiger partial charge in [-0.2, -0.15) is 0 Å². The van der Waals surface area contributed by atoms with Gasteiger partial charge in [-0.25, -0.2) is 0 Å². The van der Waals surface area contributed by atoms with Crippen molar-refractivity contribution in [3.63, 3.8) is 0 Å². The van der Waals surface area contributed by atoms with Gasteiger partial charge < -0.3 is 5.32 Å². The SMILES string of the molecule is C=CCCNC1CC(C)(C)C1. The molecule has 0 bridgehead atoms. The Morgan fingerprint density at radius 1 is 1.55 bits per heavy atom. The molecule has 0 aliphatic heterocycles. The molecule has 0 amide bonds. The first-order valence-corrected chi connectivity index (χ1v) is 4.48. The van der Waals surface area contributed by atoms with Gasteiger partial charge in [0.25, 0.3) is 0 Å². The van der Waals surface area contributed by atoms with Gasteiger partial charge in [-0.15, -0.1) is 6.58 Å². The molecule has 1 saturated carbocycles. The summed E-state index contributed by atoms with van der Waals surface area (Å²) in [7, 11) is 0. The van der Waals surface area contributed by atoms with Gasteiger partial charge in [-0.3, -0.25) is 0 Å². The molecule has 0 spiro atoms. The molecular weight excluding hydrogens is 134 g/mol. The summed E-state index contributed by atoms with van der Waals surface area (Å²) in [5.74, 6) is 0. The molecule has 1 fully saturated rings. The van der Waals surface area contributed by atoms with Crippen LogP contribution in [0.5, 0.6) is 0 Å². The minimum Gasteiger partial charge on any atom is -0.314 e. The molecule has 0 saturated heterocycles. The first-order valence-electron chi connectivity index (χ1n) is 4.48. The van der Waals surface area contributed by atoms with Gasteiger partial charge in [0, 0.05) is 6.04 Å². The number of hydrogen-bond donors (Lipinski definition) is 1. The van der Waals surface area contributed by atoms with Crippen LogP contribution in [-0.4, -0.2) is 12.6 Å². The van der Waals surface area contributed by atoms with Crippen molar-refractivity contribution in [2.45, 2.75) is 39.2 Å². The molecule has 1 heteroatoms. The van der Waals surface area contributed by atoms with E-state index in [9.17, 15) is 0 Å². The van der Waals surface area contributed by atoms with E-state index in [0.717, 1.165) is 19.0 Å². The van der Waals surface area contributed by atoms with Crippen LogP contribution in [0.1, 0.15) is 33.1 Å². The molecule has 0 aromatic carbocycles. The van der Waals surface area contributed by atoms with E-state index in [1.54, 1.807) is 0 Å². The van der Waals surface area contributed by atoms with E-state index in [0.29, 0.717) is 5.41 Å². The minimum absolute atomic E-state index is 0.603. The van der Waals surface area contributed by atoms with E-state index in [-0.39, 0.29) is 0 Å². The highest BCUT2D eigenvalue weighted by Crippen LogP contribution is 2.39. The molecule has 0 radical (unpaired) electrons. The van der Waals surface area contributed by atoms with Gasteiger partial charge in [0.2, 0.25) is 0 Å². The maximum Gasteiger partial charge on any atom is 0.00773 e. The van der Waals surface area contributed by atoms with E-state index in [2.05, 4.69) is 25.7 Å². The van der Waals surface area contributed by atoms with Crippen LogP contribution >= 0.6 is 0 Å². The average Bonchev–Trinajstić information content (AvgIpc) is 1.84. The van der Waals surface area contributed by atoms with Crippen LogP contribution in [0.3, 0.4) is 0 Å². The summed E-state index contributed by atoms with van der Waals surface area (Å²) in [6.07, 6.45) is 5.74. The lowest BCUT2D eigenvalue weighted by molar-refractivity contribution is 0.127. The number of rotatable bonds is 4. The maximum atomic E-state index is 3.69. The Morgan fingerprint density at radius 3 is 2.64 bits per heavy atom. The zero-order valence-corrected chi connectivity index (χ0v) is 7.69. The Balaban J connectivity index is 2.00. The Bertz CT molecular complexity index is 130. The van der Waals surface area contributed by atoms with Crippen molar-refractivity contribution < 1.29 is 0 Å². The fraction of sp³-hybridized carbons (Fsp3) is 0.800. The van der Waals surface area contributed by atoms with Crippen LogP contribution in [0.15, 0.2) is 12.7 Å². The predicted molar refractivity (Wildman–Crippen MR) is 49.6 cm³/mol. The highest BCUT2D eigenvalue weighted by molar-refractivity contribution is 4.91. The zero-order chi connectivity index (χ0) is 8.32. The summed E-state index contributed by atoms with van der Waals surface area (Å²) < 4.78 is 0. The normalized spacial score (nSPS) is 22.7. The maximum absolute atomic E-state index is 3.69. The van der Waals surface area contributed by atoms with Crippen LogP contribution in [0.2, 0.25) is 0 Å². The molecule has 11 heavy (non-hydrogen) atoms. The van der Waals surface area contributed by atoms with Crippen molar-refractivity contribution in [1.29, 1.82) is 0 Å².